The van der Waals surface area contributed by atoms with Crippen molar-refractivity contribution in [1.29, 1.82) is 0 Å². The fourth-order valence-corrected chi connectivity index (χ4v) is 7.98. The van der Waals surface area contributed by atoms with Crippen LogP contribution in [0.25, 0.3) is 11.2 Å². The van der Waals surface area contributed by atoms with Crippen molar-refractivity contribution in [3.63, 3.8) is 0 Å². The first-order chi connectivity index (χ1) is 25.2. The molecule has 3 aliphatic rings. The van der Waals surface area contributed by atoms with Crippen molar-refractivity contribution in [2.24, 2.45) is 0 Å². The number of nitrogens with zero attached hydrogens (tertiary/aromatic N) is 5. The first-order valence-corrected chi connectivity index (χ1v) is 18.7. The smallest absolute Gasteiger partial charge is 0.388 e. The molecule has 5 heterocycles. The van der Waals surface area contributed by atoms with Crippen molar-refractivity contribution in [1.82, 2.24) is 30.2 Å². The second-order valence-electron chi connectivity index (χ2n) is 12.5. The largest absolute Gasteiger partial charge is 0.481 e. The lowest BCUT2D eigenvalue weighted by Crippen LogP contribution is -2.68. The zero-order valence-corrected chi connectivity index (χ0v) is 29.8. The highest BCUT2D eigenvalue weighted by Gasteiger charge is 2.58. The maximum Gasteiger partial charge on any atom is 0.481 e. The van der Waals surface area contributed by atoms with Gasteiger partial charge in [-0.3, -0.25) is 33.8 Å². The number of amides is 4. The maximum absolute atomic E-state index is 13.6. The highest BCUT2D eigenvalue weighted by atomic mass is 31.3. The number of rotatable bonds is 13. The molecule has 54 heavy (non-hydrogen) atoms. The van der Waals surface area contributed by atoms with Crippen LogP contribution < -0.4 is 26.6 Å². The number of benzene rings is 1. The maximum atomic E-state index is 13.6. The molecule has 25 nitrogen and oxygen atoms in total. The Hall–Kier alpha value is -4.20. The van der Waals surface area contributed by atoms with E-state index in [0.29, 0.717) is 5.56 Å². The van der Waals surface area contributed by atoms with Gasteiger partial charge in [0.1, 0.15) is 48.5 Å². The summed E-state index contributed by atoms with van der Waals surface area (Å²) in [5.74, 6) is -2.08. The van der Waals surface area contributed by atoms with E-state index in [2.05, 4.69) is 38.9 Å². The van der Waals surface area contributed by atoms with E-state index >= 15 is 0 Å². The lowest BCUT2D eigenvalue weighted by molar-refractivity contribution is -0.133. The summed E-state index contributed by atoms with van der Waals surface area (Å²) in [7, 11) is -11.1. The number of carbonyl (C=O) groups is 3. The van der Waals surface area contributed by atoms with Gasteiger partial charge >= 0.3 is 21.7 Å². The lowest BCUT2D eigenvalue weighted by Gasteiger charge is -2.41. The Morgan fingerprint density at radius 1 is 0.981 bits per heavy atom. The Labute approximate surface area is 302 Å². The zero-order chi connectivity index (χ0) is 39.5. The Bertz CT molecular complexity index is 2090. The van der Waals surface area contributed by atoms with Gasteiger partial charge < -0.3 is 56.0 Å². The number of phosphoric ester groups is 2. The van der Waals surface area contributed by atoms with E-state index in [-0.39, 0.29) is 28.4 Å². The molecular formula is C27H35N9O16P2. The number of fused-ring (bicyclic) bond motifs is 2. The molecule has 0 radical (unpaired) electrons. The molecule has 6 rings (SSSR count). The molecule has 2 unspecified atom stereocenters. The number of nitrogens with two attached hydrogens (primary N) is 1. The van der Waals surface area contributed by atoms with Gasteiger partial charge in [0, 0.05) is 0 Å². The molecule has 0 bridgehead atoms. The number of hydrogen-bond acceptors (Lipinski definition) is 19. The fourth-order valence-electron chi connectivity index (χ4n) is 5.89. The number of urea groups is 1. The third kappa shape index (κ3) is 7.42. The van der Waals surface area contributed by atoms with Gasteiger partial charge in [-0.25, -0.2) is 28.9 Å². The van der Waals surface area contributed by atoms with E-state index in [0.717, 1.165) is 16.8 Å². The van der Waals surface area contributed by atoms with Crippen molar-refractivity contribution < 1.29 is 76.9 Å². The molecule has 0 aliphatic carbocycles. The molecule has 1 aromatic carbocycles. The van der Waals surface area contributed by atoms with Crippen molar-refractivity contribution in [2.45, 2.75) is 62.4 Å². The van der Waals surface area contributed by atoms with Gasteiger partial charge in [-0.1, -0.05) is 0 Å². The van der Waals surface area contributed by atoms with E-state index < -0.39 is 102 Å². The topological polar surface area (TPSA) is 373 Å². The van der Waals surface area contributed by atoms with Gasteiger partial charge in [0.25, 0.3) is 17.5 Å². The van der Waals surface area contributed by atoms with Crippen LogP contribution in [-0.4, -0.2) is 135 Å². The first kappa shape index (κ1) is 39.5. The van der Waals surface area contributed by atoms with Crippen molar-refractivity contribution in [3.8, 4) is 0 Å². The van der Waals surface area contributed by atoms with Crippen molar-refractivity contribution in [2.75, 3.05) is 35.7 Å². The number of aromatic nitrogens is 4. The standard InChI is InChI=1S/C27H35N9O16P2/c1-10-3-12-13(4-11(10)2)35(25(43)27(33-12)24(42)32-26(44)34-27)5-14(37)18(39)15(38)6-49-53(45,46)52-54(47,48)50-7-16-19(40)20(41)23(51-16)36-9-31-17-21(28)29-8-30-22(17)36/h3-4,8-9,14-16,18-20,23,33,37-41H,5-7H2,1-2H3,(H,45,46)(H,47,48)(H2,28,29,30)(H2,32,34,42,44)/t14-,15+,16+,18-,19+,20+,23+,27+/m0/s1. The molecule has 294 valence electrons. The second-order valence-corrected chi connectivity index (χ2v) is 15.6. The number of imide groups is 1. The minimum Gasteiger partial charge on any atom is -0.388 e. The van der Waals surface area contributed by atoms with Crippen LogP contribution in [0, 0.1) is 13.8 Å². The van der Waals surface area contributed by atoms with Crippen LogP contribution in [0.1, 0.15) is 17.4 Å². The van der Waals surface area contributed by atoms with E-state index in [1.54, 1.807) is 19.9 Å². The van der Waals surface area contributed by atoms with E-state index in [4.69, 9.17) is 10.5 Å². The third-order valence-electron chi connectivity index (χ3n) is 8.83. The minimum absolute atomic E-state index is 0.0213. The molecule has 3 aliphatic heterocycles. The Balaban J connectivity index is 1.04. The summed E-state index contributed by atoms with van der Waals surface area (Å²) in [5.41, 5.74) is 5.51. The number of imidazole rings is 1. The molecule has 2 saturated heterocycles. The Morgan fingerprint density at radius 2 is 1.67 bits per heavy atom. The number of aliphatic hydroxyl groups is 5. The van der Waals surface area contributed by atoms with Gasteiger partial charge in [-0.15, -0.1) is 0 Å². The predicted octanol–water partition coefficient (Wildman–Crippen LogP) is -3.03. The molecule has 0 saturated carbocycles. The highest BCUT2D eigenvalue weighted by Crippen LogP contribution is 2.60. The van der Waals surface area contributed by atoms with Crippen molar-refractivity contribution >= 4 is 61.8 Å². The summed E-state index contributed by atoms with van der Waals surface area (Å²) >= 11 is 0. The zero-order valence-electron chi connectivity index (χ0n) is 28.0. The van der Waals surface area contributed by atoms with Gasteiger partial charge in [0.05, 0.1) is 37.5 Å². The quantitative estimate of drug-likeness (QED) is 0.0465. The molecule has 2 fully saturated rings. The summed E-state index contributed by atoms with van der Waals surface area (Å²) in [5, 5.41) is 59.8. The number of nitrogen functional groups attached to an aromatic ring is 1. The number of hydrogen-bond donors (Lipinski definition) is 11. The number of carbonyl (C=O) groups excluding carboxylic acids is 3. The van der Waals surface area contributed by atoms with Crippen LogP contribution in [-0.2, 0) is 36.8 Å². The van der Waals surface area contributed by atoms with E-state index in [1.807, 2.05) is 5.32 Å². The average Bonchev–Trinajstić information content (AvgIpc) is 3.74. The predicted molar refractivity (Wildman–Crippen MR) is 178 cm³/mol. The Kier molecular flexibility index (Phi) is 10.6. The number of phosphoric acid groups is 2. The molecular weight excluding hydrogens is 768 g/mol. The van der Waals surface area contributed by atoms with Crippen LogP contribution in [0.2, 0.25) is 0 Å². The molecule has 1 spiro atoms. The molecule has 12 N–H and O–H groups in total. The monoisotopic (exact) mass is 803 g/mol. The molecule has 27 heteroatoms. The lowest BCUT2D eigenvalue weighted by atomic mass is 9.98. The second kappa shape index (κ2) is 14.5. The summed E-state index contributed by atoms with van der Waals surface area (Å²) in [6, 6.07) is 2.14. The number of nitrogens with one attached hydrogen (secondary N) is 3. The number of ether oxygens (including phenoxy) is 1. The summed E-state index contributed by atoms with van der Waals surface area (Å²) in [4.78, 5) is 71.1. The van der Waals surface area contributed by atoms with Gasteiger partial charge in [0.2, 0.25) is 0 Å². The number of anilines is 3. The third-order valence-corrected chi connectivity index (χ3v) is 11.4. The van der Waals surface area contributed by atoms with Crippen LogP contribution in [0.3, 0.4) is 0 Å². The minimum atomic E-state index is -5.58. The molecule has 2 aromatic heterocycles. The summed E-state index contributed by atoms with van der Waals surface area (Å²) in [6.45, 7) is 0.415. The van der Waals surface area contributed by atoms with Crippen LogP contribution in [0.5, 0.6) is 0 Å². The van der Waals surface area contributed by atoms with Gasteiger partial charge in [0.15, 0.2) is 17.7 Å². The number of β-amino-alcohol motifs (C(OH)–C–C–N with tert-alkyl or cyclic N) is 1. The molecule has 3 aromatic rings. The molecule has 4 amide bonds. The van der Waals surface area contributed by atoms with Crippen LogP contribution >= 0.6 is 15.6 Å². The van der Waals surface area contributed by atoms with Gasteiger partial charge in [-0.2, -0.15) is 4.31 Å². The summed E-state index contributed by atoms with van der Waals surface area (Å²) < 4.78 is 45.3. The van der Waals surface area contributed by atoms with E-state index in [1.165, 1.54) is 17.0 Å². The summed E-state index contributed by atoms with van der Waals surface area (Å²) in [6.07, 6.45) is -10.3. The average molecular weight is 804 g/mol. The number of aliphatic hydroxyl groups excluding tert-OH is 5. The van der Waals surface area contributed by atoms with Crippen molar-refractivity contribution in [3.05, 3.63) is 35.9 Å². The SMILES string of the molecule is Cc1cc2c(cc1C)N(C[C@H](O)[C@H](O)[C@H](O)COP(=O)(O)OP(=O)(O)OC[C@H]1O[C@@H](n3cnc4c(N)ncnc43)[C@H](O)[C@@H]1O)C(=O)[C@@]1(NC(=O)NC1=O)N2. The van der Waals surface area contributed by atoms with Crippen LogP contribution in [0.4, 0.5) is 22.0 Å². The fraction of sp³-hybridized carbons (Fsp3) is 0.481. The highest BCUT2D eigenvalue weighted by molar-refractivity contribution is 7.61. The Morgan fingerprint density at radius 3 is 2.35 bits per heavy atom. The van der Waals surface area contributed by atoms with E-state index in [9.17, 15) is 58.8 Å². The van der Waals surface area contributed by atoms with Gasteiger partial charge in [-0.05, 0) is 37.1 Å². The van der Waals surface area contributed by atoms with Crippen LogP contribution in [0.15, 0.2) is 24.8 Å². The normalized spacial score (nSPS) is 27.9. The first-order valence-electron chi connectivity index (χ1n) is 15.7. The number of aryl methyl sites for hydroxylation is 2. The molecule has 10 atom stereocenters.